The SMILES string of the molecule is [O-][Cl+3]([O-])([O-])[O-].c1ccc2c(c1)oc1cc[o+]cc12. The Bertz CT molecular complexity index is 601. The van der Waals surface area contributed by atoms with Crippen LogP contribution in [-0.2, 0) is 0 Å². The monoisotopic (exact) mass is 270 g/mol. The minimum absolute atomic E-state index is 0.868. The van der Waals surface area contributed by atoms with Gasteiger partial charge in [-0.05, 0) is 6.07 Å². The number of hydrogen-bond donors (Lipinski definition) is 0. The minimum atomic E-state index is -4.94. The highest BCUT2D eigenvalue weighted by atomic mass is 35.7. The van der Waals surface area contributed by atoms with Crippen LogP contribution in [0.2, 0.25) is 0 Å². The first-order valence-electron chi connectivity index (χ1n) is 4.73. The van der Waals surface area contributed by atoms with Gasteiger partial charge in [0.05, 0.1) is 6.07 Å². The molecule has 0 spiro atoms. The molecule has 0 aliphatic heterocycles. The number of furan rings is 1. The van der Waals surface area contributed by atoms with E-state index in [9.17, 15) is 0 Å². The van der Waals surface area contributed by atoms with Crippen molar-refractivity contribution in [3.8, 4) is 0 Å². The van der Waals surface area contributed by atoms with Crippen molar-refractivity contribution < 1.29 is 37.7 Å². The normalized spacial score (nSPS) is 11.3. The second kappa shape index (κ2) is 4.89. The predicted octanol–water partition coefficient (Wildman–Crippen LogP) is -1.30. The van der Waals surface area contributed by atoms with Crippen LogP contribution in [0.1, 0.15) is 0 Å². The first-order valence-corrected chi connectivity index (χ1v) is 5.97. The summed E-state index contributed by atoms with van der Waals surface area (Å²) in [5, 5.41) is 2.12. The van der Waals surface area contributed by atoms with Crippen LogP contribution in [0.3, 0.4) is 0 Å². The molecule has 3 rings (SSSR count). The second-order valence-electron chi connectivity index (χ2n) is 3.31. The minimum Gasteiger partial charge on any atom is -0.455 e. The molecule has 0 atom stereocenters. The van der Waals surface area contributed by atoms with Gasteiger partial charge in [-0.15, -0.1) is 10.2 Å². The number of fused-ring (bicyclic) bond motifs is 3. The molecule has 6 nitrogen and oxygen atoms in total. The molecule has 94 valence electrons. The van der Waals surface area contributed by atoms with Gasteiger partial charge in [-0.3, -0.25) is 0 Å². The first-order chi connectivity index (χ1) is 8.45. The van der Waals surface area contributed by atoms with E-state index in [0.717, 1.165) is 21.9 Å². The van der Waals surface area contributed by atoms with Crippen molar-refractivity contribution >= 4 is 21.9 Å². The number of benzene rings is 1. The molecule has 0 bridgehead atoms. The van der Waals surface area contributed by atoms with Crippen LogP contribution in [0.15, 0.2) is 51.7 Å². The lowest BCUT2D eigenvalue weighted by atomic mass is 10.2. The molecule has 2 heterocycles. The van der Waals surface area contributed by atoms with Gasteiger partial charge in [-0.25, -0.2) is 23.1 Å². The molecule has 1 aromatic carbocycles. The van der Waals surface area contributed by atoms with Crippen molar-refractivity contribution in [1.29, 1.82) is 0 Å². The Morgan fingerprint density at radius 3 is 2.22 bits per heavy atom. The molecule has 2 aromatic heterocycles. The average molecular weight is 271 g/mol. The summed E-state index contributed by atoms with van der Waals surface area (Å²) in [6.45, 7) is 0. The van der Waals surface area contributed by atoms with Crippen LogP contribution in [0.4, 0.5) is 0 Å². The summed E-state index contributed by atoms with van der Waals surface area (Å²) in [6.07, 6.45) is 3.33. The summed E-state index contributed by atoms with van der Waals surface area (Å²) in [7, 11) is -4.94. The van der Waals surface area contributed by atoms with E-state index in [-0.39, 0.29) is 0 Å². The van der Waals surface area contributed by atoms with Crippen LogP contribution in [0, 0.1) is 10.2 Å². The third-order valence-corrected chi connectivity index (χ3v) is 2.15. The van der Waals surface area contributed by atoms with E-state index in [0.29, 0.717) is 0 Å². The zero-order valence-corrected chi connectivity index (χ0v) is 9.62. The number of halogens is 1. The van der Waals surface area contributed by atoms with E-state index >= 15 is 0 Å². The summed E-state index contributed by atoms with van der Waals surface area (Å²) in [6, 6.07) is 9.76. The standard InChI is InChI=1S/C11H7O2.ClHO4/c1-2-4-10-8(3-1)9-7-12-6-5-11(9)13-10;2-1(3,4)5/h1-7H;(H,2,3,4,5)/q+1;/p-1. The van der Waals surface area contributed by atoms with E-state index in [1.54, 1.807) is 12.5 Å². The smallest absolute Gasteiger partial charge is 0.329 e. The Morgan fingerprint density at radius 2 is 1.50 bits per heavy atom. The van der Waals surface area contributed by atoms with E-state index in [2.05, 4.69) is 0 Å². The zero-order valence-electron chi connectivity index (χ0n) is 8.87. The summed E-state index contributed by atoms with van der Waals surface area (Å²) in [5.74, 6) is 0. The highest BCUT2D eigenvalue weighted by Crippen LogP contribution is 2.27. The van der Waals surface area contributed by atoms with Gasteiger partial charge in [-0.1, -0.05) is 18.2 Å². The van der Waals surface area contributed by atoms with Crippen molar-refractivity contribution in [3.05, 3.63) is 42.9 Å². The summed E-state index contributed by atoms with van der Waals surface area (Å²) >= 11 is 0. The molecular formula is C11H7ClO6. The fraction of sp³-hybridized carbons (Fsp3) is 0. The number of hydrogen-bond acceptors (Lipinski definition) is 5. The lowest BCUT2D eigenvalue weighted by molar-refractivity contribution is -2.00. The Kier molecular flexibility index (Phi) is 3.46. The zero-order chi connectivity index (χ0) is 13.2. The van der Waals surface area contributed by atoms with Crippen molar-refractivity contribution in [2.75, 3.05) is 0 Å². The molecule has 0 unspecified atom stereocenters. The molecule has 0 aliphatic rings. The molecule has 0 amide bonds. The molecule has 18 heavy (non-hydrogen) atoms. The van der Waals surface area contributed by atoms with Gasteiger partial charge in [0.2, 0.25) is 0 Å². The van der Waals surface area contributed by atoms with E-state index in [4.69, 9.17) is 27.5 Å². The molecule has 0 radical (unpaired) electrons. The lowest BCUT2D eigenvalue weighted by Gasteiger charge is -2.17. The molecular weight excluding hydrogens is 264 g/mol. The predicted molar refractivity (Wildman–Crippen MR) is 50.4 cm³/mol. The van der Waals surface area contributed by atoms with Crippen LogP contribution in [-0.4, -0.2) is 0 Å². The highest BCUT2D eigenvalue weighted by molar-refractivity contribution is 6.03. The van der Waals surface area contributed by atoms with Gasteiger partial charge >= 0.3 is 12.5 Å². The highest BCUT2D eigenvalue weighted by Gasteiger charge is 2.08. The molecule has 3 aromatic rings. The third kappa shape index (κ3) is 3.16. The molecule has 0 saturated heterocycles. The van der Waals surface area contributed by atoms with Crippen molar-refractivity contribution in [3.63, 3.8) is 0 Å². The van der Waals surface area contributed by atoms with Crippen LogP contribution < -0.4 is 18.6 Å². The fourth-order valence-corrected chi connectivity index (χ4v) is 1.54. The van der Waals surface area contributed by atoms with Crippen LogP contribution >= 0.6 is 0 Å². The third-order valence-electron chi connectivity index (χ3n) is 2.15. The first kappa shape index (κ1) is 12.7. The van der Waals surface area contributed by atoms with Gasteiger partial charge < -0.3 is 4.42 Å². The number of rotatable bonds is 0. The van der Waals surface area contributed by atoms with Crippen molar-refractivity contribution in [2.45, 2.75) is 0 Å². The summed E-state index contributed by atoms with van der Waals surface area (Å²) < 4.78 is 44.7. The maximum atomic E-state index is 8.49. The summed E-state index contributed by atoms with van der Waals surface area (Å²) in [4.78, 5) is 0. The molecule has 0 saturated carbocycles. The molecule has 0 fully saturated rings. The Labute approximate surface area is 103 Å². The fourth-order valence-electron chi connectivity index (χ4n) is 1.54. The van der Waals surface area contributed by atoms with Gasteiger partial charge in [0.25, 0.3) is 0 Å². The molecule has 0 aliphatic carbocycles. The average Bonchev–Trinajstić information content (AvgIpc) is 2.65. The Morgan fingerprint density at radius 1 is 0.889 bits per heavy atom. The Balaban J connectivity index is 0.000000209. The lowest BCUT2D eigenvalue weighted by Crippen LogP contribution is -2.68. The van der Waals surface area contributed by atoms with Gasteiger partial charge in [0.1, 0.15) is 11.0 Å². The van der Waals surface area contributed by atoms with Gasteiger partial charge in [0, 0.05) is 5.39 Å². The van der Waals surface area contributed by atoms with E-state index < -0.39 is 10.2 Å². The quantitative estimate of drug-likeness (QED) is 0.469. The molecule has 0 N–H and O–H groups in total. The van der Waals surface area contributed by atoms with E-state index in [1.165, 1.54) is 0 Å². The topological polar surface area (TPSA) is 117 Å². The number of para-hydroxylation sites is 1. The van der Waals surface area contributed by atoms with Gasteiger partial charge in [-0.2, -0.15) is 0 Å². The van der Waals surface area contributed by atoms with Crippen LogP contribution in [0.25, 0.3) is 21.9 Å². The maximum absolute atomic E-state index is 8.49. The van der Waals surface area contributed by atoms with E-state index in [1.807, 2.05) is 30.3 Å². The van der Waals surface area contributed by atoms with Crippen molar-refractivity contribution in [2.24, 2.45) is 0 Å². The van der Waals surface area contributed by atoms with Gasteiger partial charge in [0.15, 0.2) is 5.58 Å². The largest absolute Gasteiger partial charge is 0.455 e. The maximum Gasteiger partial charge on any atom is 0.329 e. The second-order valence-corrected chi connectivity index (χ2v) is 4.07. The molecule has 7 heteroatoms. The van der Waals surface area contributed by atoms with Crippen LogP contribution in [0.5, 0.6) is 0 Å². The summed E-state index contributed by atoms with van der Waals surface area (Å²) in [5.41, 5.74) is 1.77. The Hall–Kier alpha value is -1.70. The van der Waals surface area contributed by atoms with Crippen molar-refractivity contribution in [1.82, 2.24) is 0 Å².